The fourth-order valence-corrected chi connectivity index (χ4v) is 1.50. The first-order valence-corrected chi connectivity index (χ1v) is 4.66. The van der Waals surface area contributed by atoms with Gasteiger partial charge in [-0.05, 0) is 12.1 Å². The smallest absolute Gasteiger partial charge is 0.109 e. The molecule has 2 rings (SSSR count). The molecule has 0 saturated heterocycles. The summed E-state index contributed by atoms with van der Waals surface area (Å²) >= 11 is 0. The van der Waals surface area contributed by atoms with Crippen LogP contribution >= 0.6 is 0 Å². The van der Waals surface area contributed by atoms with Gasteiger partial charge in [-0.25, -0.2) is 5.43 Å². The molecule has 2 heterocycles. The highest BCUT2D eigenvalue weighted by molar-refractivity contribution is 5.19. The first kappa shape index (κ1) is 9.88. The Morgan fingerprint density at radius 1 is 1.13 bits per heavy atom. The number of aryl methyl sites for hydroxylation is 2. The molecule has 0 aliphatic rings. The summed E-state index contributed by atoms with van der Waals surface area (Å²) in [5.74, 6) is 5.51. The molecule has 0 bridgehead atoms. The van der Waals surface area contributed by atoms with Crippen molar-refractivity contribution >= 4 is 0 Å². The Hall–Kier alpha value is -1.66. The van der Waals surface area contributed by atoms with Gasteiger partial charge in [0.05, 0.1) is 11.4 Å². The lowest BCUT2D eigenvalue weighted by Gasteiger charge is -2.09. The van der Waals surface area contributed by atoms with Gasteiger partial charge in [0.2, 0.25) is 0 Å². The lowest BCUT2D eigenvalue weighted by atomic mass is 10.1. The largest absolute Gasteiger partial charge is 0.275 e. The van der Waals surface area contributed by atoms with Crippen molar-refractivity contribution in [2.24, 2.45) is 19.9 Å². The summed E-state index contributed by atoms with van der Waals surface area (Å²) in [5, 5.41) is 8.58. The van der Waals surface area contributed by atoms with Crippen LogP contribution in [0.5, 0.6) is 0 Å². The first-order valence-electron chi connectivity index (χ1n) is 4.66. The van der Waals surface area contributed by atoms with Crippen LogP contribution in [-0.4, -0.2) is 19.6 Å². The Morgan fingerprint density at radius 2 is 1.60 bits per heavy atom. The summed E-state index contributed by atoms with van der Waals surface area (Å²) in [4.78, 5) is 0. The second-order valence-electron chi connectivity index (χ2n) is 3.43. The summed E-state index contributed by atoms with van der Waals surface area (Å²) in [7, 11) is 3.74. The summed E-state index contributed by atoms with van der Waals surface area (Å²) in [5.41, 5.74) is 4.43. The molecule has 0 radical (unpaired) electrons. The number of rotatable bonds is 3. The Kier molecular flexibility index (Phi) is 2.53. The van der Waals surface area contributed by atoms with Crippen molar-refractivity contribution in [3.63, 3.8) is 0 Å². The van der Waals surface area contributed by atoms with Crippen LogP contribution in [0.4, 0.5) is 0 Å². The van der Waals surface area contributed by atoms with Crippen LogP contribution in [-0.2, 0) is 14.1 Å². The summed E-state index contributed by atoms with van der Waals surface area (Å²) in [6.07, 6.45) is 3.76. The molecule has 15 heavy (non-hydrogen) atoms. The van der Waals surface area contributed by atoms with Gasteiger partial charge >= 0.3 is 0 Å². The Balaban J connectivity index is 2.32. The van der Waals surface area contributed by atoms with Gasteiger partial charge in [0.15, 0.2) is 0 Å². The molecule has 0 atom stereocenters. The van der Waals surface area contributed by atoms with E-state index >= 15 is 0 Å². The zero-order valence-corrected chi connectivity index (χ0v) is 8.75. The maximum Gasteiger partial charge on any atom is 0.109 e. The van der Waals surface area contributed by atoms with Gasteiger partial charge in [-0.2, -0.15) is 10.2 Å². The van der Waals surface area contributed by atoms with Crippen molar-refractivity contribution < 1.29 is 0 Å². The maximum absolute atomic E-state index is 5.51. The normalized spacial score (nSPS) is 11.2. The highest BCUT2D eigenvalue weighted by Gasteiger charge is 2.17. The average Bonchev–Trinajstić information content (AvgIpc) is 2.78. The van der Waals surface area contributed by atoms with Crippen LogP contribution in [0.3, 0.4) is 0 Å². The van der Waals surface area contributed by atoms with E-state index in [9.17, 15) is 0 Å². The fourth-order valence-electron chi connectivity index (χ4n) is 1.50. The number of nitrogens with one attached hydrogen (secondary N) is 1. The molecule has 6 nitrogen and oxygen atoms in total. The number of nitrogens with two attached hydrogens (primary N) is 1. The predicted octanol–water partition coefficient (Wildman–Crippen LogP) is -0.294. The third-order valence-corrected chi connectivity index (χ3v) is 2.23. The number of hydrogen-bond acceptors (Lipinski definition) is 4. The van der Waals surface area contributed by atoms with Crippen LogP contribution in [0.2, 0.25) is 0 Å². The molecule has 0 unspecified atom stereocenters. The van der Waals surface area contributed by atoms with E-state index in [2.05, 4.69) is 15.6 Å². The monoisotopic (exact) mass is 206 g/mol. The van der Waals surface area contributed by atoms with E-state index in [1.165, 1.54) is 0 Å². The van der Waals surface area contributed by atoms with E-state index in [1.54, 1.807) is 9.36 Å². The zero-order chi connectivity index (χ0) is 10.8. The predicted molar refractivity (Wildman–Crippen MR) is 55.6 cm³/mol. The minimum atomic E-state index is -0.160. The van der Waals surface area contributed by atoms with Gasteiger partial charge in [-0.1, -0.05) is 0 Å². The van der Waals surface area contributed by atoms with E-state index in [0.29, 0.717) is 0 Å². The van der Waals surface area contributed by atoms with Gasteiger partial charge in [0.1, 0.15) is 6.04 Å². The van der Waals surface area contributed by atoms with Crippen LogP contribution in [0.25, 0.3) is 0 Å². The second-order valence-corrected chi connectivity index (χ2v) is 3.43. The average molecular weight is 206 g/mol. The second kappa shape index (κ2) is 3.84. The van der Waals surface area contributed by atoms with Crippen molar-refractivity contribution in [1.82, 2.24) is 25.0 Å². The standard InChI is InChI=1S/C9H14N6/c1-14-5-3-7(12-14)9(11-10)8-4-6-15(2)13-8/h3-6,9,11H,10H2,1-2H3. The van der Waals surface area contributed by atoms with Gasteiger partial charge < -0.3 is 0 Å². The van der Waals surface area contributed by atoms with Crippen LogP contribution in [0.15, 0.2) is 24.5 Å². The summed E-state index contributed by atoms with van der Waals surface area (Å²) in [6, 6.07) is 3.67. The van der Waals surface area contributed by atoms with Crippen LogP contribution < -0.4 is 11.3 Å². The van der Waals surface area contributed by atoms with Crippen molar-refractivity contribution in [2.45, 2.75) is 6.04 Å². The minimum absolute atomic E-state index is 0.160. The minimum Gasteiger partial charge on any atom is -0.275 e. The lowest BCUT2D eigenvalue weighted by Crippen LogP contribution is -2.29. The molecule has 3 N–H and O–H groups in total. The zero-order valence-electron chi connectivity index (χ0n) is 8.75. The molecule has 0 saturated carbocycles. The van der Waals surface area contributed by atoms with E-state index < -0.39 is 0 Å². The topological polar surface area (TPSA) is 73.7 Å². The maximum atomic E-state index is 5.51. The number of nitrogens with zero attached hydrogens (tertiary/aromatic N) is 4. The number of hydrazine groups is 1. The van der Waals surface area contributed by atoms with Gasteiger partial charge in [-0.15, -0.1) is 0 Å². The molecule has 0 amide bonds. The molecule has 6 heteroatoms. The highest BCUT2D eigenvalue weighted by Crippen LogP contribution is 2.16. The third-order valence-electron chi connectivity index (χ3n) is 2.23. The van der Waals surface area contributed by atoms with Gasteiger partial charge in [-0.3, -0.25) is 15.2 Å². The van der Waals surface area contributed by atoms with E-state index in [4.69, 9.17) is 5.84 Å². The van der Waals surface area contributed by atoms with E-state index in [0.717, 1.165) is 11.4 Å². The highest BCUT2D eigenvalue weighted by atomic mass is 15.3. The molecule has 2 aromatic rings. The Morgan fingerprint density at radius 3 is 1.87 bits per heavy atom. The quantitative estimate of drug-likeness (QED) is 0.534. The van der Waals surface area contributed by atoms with Gasteiger partial charge in [0, 0.05) is 26.5 Å². The molecule has 2 aromatic heterocycles. The summed E-state index contributed by atoms with van der Waals surface area (Å²) < 4.78 is 3.48. The molecular formula is C9H14N6. The first-order chi connectivity index (χ1) is 7.20. The molecule has 0 fully saturated rings. The molecule has 0 spiro atoms. The Labute approximate surface area is 87.7 Å². The molecule has 0 aromatic carbocycles. The SMILES string of the molecule is Cn1ccc(C(NN)c2ccn(C)n2)n1. The van der Waals surface area contributed by atoms with Gasteiger partial charge in [0.25, 0.3) is 0 Å². The molecule has 0 aliphatic heterocycles. The van der Waals surface area contributed by atoms with Crippen LogP contribution in [0, 0.1) is 0 Å². The van der Waals surface area contributed by atoms with E-state index in [-0.39, 0.29) is 6.04 Å². The Bertz CT molecular complexity index is 403. The third kappa shape index (κ3) is 1.90. The number of hydrogen-bond donors (Lipinski definition) is 2. The molecule has 0 aliphatic carbocycles. The summed E-state index contributed by atoms with van der Waals surface area (Å²) in [6.45, 7) is 0. The fraction of sp³-hybridized carbons (Fsp3) is 0.333. The lowest BCUT2D eigenvalue weighted by molar-refractivity contribution is 0.578. The molecule has 80 valence electrons. The van der Waals surface area contributed by atoms with Crippen molar-refractivity contribution in [3.05, 3.63) is 35.9 Å². The van der Waals surface area contributed by atoms with Crippen molar-refractivity contribution in [2.75, 3.05) is 0 Å². The molecular weight excluding hydrogens is 192 g/mol. The number of aromatic nitrogens is 4. The van der Waals surface area contributed by atoms with Crippen molar-refractivity contribution in [1.29, 1.82) is 0 Å². The van der Waals surface area contributed by atoms with E-state index in [1.807, 2.05) is 38.6 Å². The van der Waals surface area contributed by atoms with Crippen LogP contribution in [0.1, 0.15) is 17.4 Å². The van der Waals surface area contributed by atoms with Crippen molar-refractivity contribution in [3.8, 4) is 0 Å².